The monoisotopic (exact) mass is 1810 g/mol. The molecule has 0 amide bonds. The number of aryl methyl sites for hydroxylation is 4. The Morgan fingerprint density at radius 2 is 1.01 bits per heavy atom. The zero-order valence-electron chi connectivity index (χ0n) is 65.9. The maximum absolute atomic E-state index is 14.0. The topological polar surface area (TPSA) is 489 Å². The summed E-state index contributed by atoms with van der Waals surface area (Å²) in [5.41, 5.74) is 24.5. The standard InChI is InChI=1S/C24H33N10O6P.C14H21ClNO4P.C10H11Cl2O4P.C10H12O3.C6H15N.C4H10O.2CO2.Cl3OP/c1-4-14(2)32-41(36,40-17-8-6-5-7-15(17)9-10-20(35)37-3)38-12-18-16(31-33-27)11-19(39-18)34-13-28-21-22(25)29-24(26)30-23(21)34;1-4-11(2)16-21(15,18)20-13-8-6-5-7-12(13)9-10-14(17)19-3;1-15-10(13)7-6-8-4-2-3-5-9(8)16-17(11,12)14;1-13-10(12)7-6-8-4-2-3-5-9(8)11;1-4-7(5-2)6-3;1-3-5-4-2;2*2-1-3;1-5(2,3)4/h5-8,13-14,16,18-19H,4,9-12H2,1-3H3,(H,32,36)(H4,25,26,29,30);5-8,11H,4,9-10H2,1-3H3,(H,16,18);2-5H,6-7H2,1H3;2-5,11H,6-7H2,1H3;4-6H2,1-3H3;3-4H2,1-2H3;;;/t14-,16?,18+,19+,41?;11-,21?;;;;;;;/m00......./s1. The van der Waals surface area contributed by atoms with Crippen LogP contribution >= 0.6 is 93.3 Å². The third kappa shape index (κ3) is 50.7. The fourth-order valence-electron chi connectivity index (χ4n) is 9.12. The third-order valence-corrected chi connectivity index (χ3v) is 19.4. The Labute approximate surface area is 698 Å². The van der Waals surface area contributed by atoms with Crippen LogP contribution in [0.2, 0.25) is 0 Å². The van der Waals surface area contributed by atoms with Crippen LogP contribution in [-0.2, 0) is 115 Å². The average molecular weight is 1820 g/mol. The summed E-state index contributed by atoms with van der Waals surface area (Å²) in [7, 11) is 1.35. The molecule has 7 N–H and O–H groups in total. The Bertz CT molecular complexity index is 4150. The van der Waals surface area contributed by atoms with E-state index in [0.29, 0.717) is 78.1 Å². The molecule has 1 aliphatic heterocycles. The number of nitrogens with two attached hydrogens (primary N) is 2. The van der Waals surface area contributed by atoms with Crippen LogP contribution in [-0.4, -0.2) is 158 Å². The number of azide groups is 1. The van der Waals surface area contributed by atoms with Crippen LogP contribution in [0.1, 0.15) is 136 Å². The van der Waals surface area contributed by atoms with Gasteiger partial charge in [0.15, 0.2) is 11.5 Å². The number of phenolic OH excluding ortho intramolecular Hbond substituents is 1. The van der Waals surface area contributed by atoms with Crippen molar-refractivity contribution in [3.05, 3.63) is 136 Å². The number of ether oxygens (including phenoxy) is 6. The second-order valence-corrected chi connectivity index (χ2v) is 38.3. The van der Waals surface area contributed by atoms with E-state index in [4.69, 9.17) is 96.7 Å². The molecular formula is C70H102Cl6N12O23P4. The van der Waals surface area contributed by atoms with Gasteiger partial charge >= 0.3 is 62.1 Å². The van der Waals surface area contributed by atoms with Crippen LogP contribution in [0.25, 0.3) is 21.6 Å². The van der Waals surface area contributed by atoms with Crippen molar-refractivity contribution in [1.82, 2.24) is 34.6 Å². The van der Waals surface area contributed by atoms with Gasteiger partial charge in [-0.25, -0.2) is 28.9 Å². The minimum Gasteiger partial charge on any atom is -0.508 e. The molecule has 0 spiro atoms. The Morgan fingerprint density at radius 3 is 1.37 bits per heavy atom. The summed E-state index contributed by atoms with van der Waals surface area (Å²) in [4.78, 5) is 94.9. The highest BCUT2D eigenvalue weighted by Crippen LogP contribution is 2.61. The number of carbonyl (C=O) groups excluding carboxylic acids is 8. The number of fused-ring (bicyclic) bond motifs is 1. The molecule has 7 atom stereocenters. The minimum atomic E-state index is -3.98. The molecule has 3 heterocycles. The van der Waals surface area contributed by atoms with Gasteiger partial charge in [0.05, 0.1) is 53.5 Å². The molecule has 0 saturated carbocycles. The fraction of sp³-hybridized carbons (Fsp3) is 0.500. The first kappa shape index (κ1) is 110. The zero-order chi connectivity index (χ0) is 87.8. The molecule has 1 aliphatic rings. The van der Waals surface area contributed by atoms with Gasteiger partial charge in [0, 0.05) is 96.0 Å². The molecular weight excluding hydrogens is 1710 g/mol. The summed E-state index contributed by atoms with van der Waals surface area (Å²) < 4.78 is 100. The summed E-state index contributed by atoms with van der Waals surface area (Å²) in [6.07, 6.45) is 1.10. The van der Waals surface area contributed by atoms with E-state index in [2.05, 4.69) is 109 Å². The largest absolute Gasteiger partial charge is 0.508 e. The number of anilines is 2. The van der Waals surface area contributed by atoms with Crippen molar-refractivity contribution in [3.8, 4) is 23.0 Å². The van der Waals surface area contributed by atoms with E-state index in [0.717, 1.165) is 30.8 Å². The maximum atomic E-state index is 14.0. The highest BCUT2D eigenvalue weighted by molar-refractivity contribution is 8.24. The van der Waals surface area contributed by atoms with Crippen molar-refractivity contribution in [1.29, 1.82) is 0 Å². The molecule has 0 radical (unpaired) electrons. The number of carbonyl (C=O) groups is 4. The Morgan fingerprint density at radius 1 is 0.626 bits per heavy atom. The SMILES string of the molecule is CCN(CC)CC.CCOCC.CC[C@H](C)NP(=O)(Cl)Oc1ccccc1CCC(=O)OC.CC[C@H](C)NP(=O)(OC[C@H]1O[C@@H](n2cnc3c(N)nc(N)nc32)CC1N=[N+]=[N-])Oc1ccccc1CCC(=O)OC.COC(=O)CCc1ccccc1O.COC(=O)CCc1ccccc1OP(=O)(Cl)Cl.O=C=O.O=C=O.O=P(Cl)(Cl)Cl. The van der Waals surface area contributed by atoms with E-state index in [1.54, 1.807) is 89.5 Å². The lowest BCUT2D eigenvalue weighted by molar-refractivity contribution is -0.193. The molecule has 1 fully saturated rings. The number of nitrogen functional groups attached to an aromatic ring is 2. The van der Waals surface area contributed by atoms with Crippen LogP contribution in [0.15, 0.2) is 109 Å². The van der Waals surface area contributed by atoms with E-state index in [1.807, 2.05) is 53.7 Å². The summed E-state index contributed by atoms with van der Waals surface area (Å²) >= 11 is 30.5. The Hall–Kier alpha value is -7.40. The van der Waals surface area contributed by atoms with Gasteiger partial charge < -0.3 is 63.5 Å². The molecule has 2 aromatic heterocycles. The van der Waals surface area contributed by atoms with E-state index < -0.39 is 44.3 Å². The number of para-hydroxylation sites is 4. The van der Waals surface area contributed by atoms with Gasteiger partial charge in [-0.3, -0.25) is 32.8 Å². The van der Waals surface area contributed by atoms with Crippen molar-refractivity contribution in [2.75, 3.05) is 79.4 Å². The number of nitrogens with zero attached hydrogens (tertiary/aromatic N) is 8. The molecule has 0 aliphatic carbocycles. The van der Waals surface area contributed by atoms with Gasteiger partial charge in [0.25, 0.3) is 0 Å². The predicted molar refractivity (Wildman–Crippen MR) is 439 cm³/mol. The second kappa shape index (κ2) is 61.9. The van der Waals surface area contributed by atoms with Crippen LogP contribution in [0, 0.1) is 0 Å². The number of methoxy groups -OCH3 is 4. The van der Waals surface area contributed by atoms with Crippen LogP contribution in [0.3, 0.4) is 0 Å². The van der Waals surface area contributed by atoms with Crippen LogP contribution in [0.5, 0.6) is 23.0 Å². The summed E-state index contributed by atoms with van der Waals surface area (Å²) in [6, 6.07) is 26.9. The number of nitrogens with one attached hydrogen (secondary N) is 2. The van der Waals surface area contributed by atoms with Crippen molar-refractivity contribution in [2.24, 2.45) is 5.11 Å². The van der Waals surface area contributed by atoms with Crippen molar-refractivity contribution < 1.29 is 108 Å². The zero-order valence-corrected chi connectivity index (χ0v) is 74.1. The summed E-state index contributed by atoms with van der Waals surface area (Å²) in [5, 5.41) is 15.7. The molecule has 45 heteroatoms. The molecule has 642 valence electrons. The molecule has 35 nitrogen and oxygen atoms in total. The smallest absolute Gasteiger partial charge is 0.459 e. The molecule has 0 bridgehead atoms. The van der Waals surface area contributed by atoms with E-state index >= 15 is 0 Å². The number of esters is 4. The lowest BCUT2D eigenvalue weighted by Crippen LogP contribution is -2.30. The number of benzene rings is 4. The number of hydrogen-bond donors (Lipinski definition) is 5. The third-order valence-electron chi connectivity index (χ3n) is 15.2. The minimum absolute atomic E-state index is 0.0180. The number of aromatic hydroxyl groups is 1. The first-order valence-electron chi connectivity index (χ1n) is 35.2. The average Bonchev–Trinajstić information content (AvgIpc) is 1.63. The molecule has 115 heavy (non-hydrogen) atoms. The maximum Gasteiger partial charge on any atom is 0.459 e. The Balaban J connectivity index is 0. The van der Waals surface area contributed by atoms with Crippen molar-refractivity contribution in [2.45, 2.75) is 163 Å². The first-order chi connectivity index (χ1) is 54.3. The van der Waals surface area contributed by atoms with Gasteiger partial charge in [-0.1, -0.05) is 113 Å². The van der Waals surface area contributed by atoms with E-state index in [1.165, 1.54) is 54.4 Å². The quantitative estimate of drug-likeness (QED) is 0.00625. The summed E-state index contributed by atoms with van der Waals surface area (Å²) in [5.74, 6) is 0.0638. The van der Waals surface area contributed by atoms with E-state index in [-0.39, 0.29) is 98.1 Å². The van der Waals surface area contributed by atoms with Crippen molar-refractivity contribution in [3.63, 3.8) is 0 Å². The number of rotatable bonds is 34. The van der Waals surface area contributed by atoms with Gasteiger partial charge in [0.2, 0.25) is 5.95 Å². The lowest BCUT2D eigenvalue weighted by Gasteiger charge is -2.26. The normalized spacial score (nSPS) is 14.5. The van der Waals surface area contributed by atoms with E-state index in [9.17, 15) is 48.1 Å². The number of imidazole rings is 1. The van der Waals surface area contributed by atoms with Gasteiger partial charge in [-0.15, -0.1) is 0 Å². The van der Waals surface area contributed by atoms with Crippen LogP contribution < -0.4 is 35.2 Å². The Kier molecular flexibility index (Phi) is 59.0. The molecule has 1 saturated heterocycles. The molecule has 4 aromatic carbocycles. The highest BCUT2D eigenvalue weighted by atomic mass is 36.0. The van der Waals surface area contributed by atoms with Gasteiger partial charge in [-0.05, 0) is 172 Å². The molecule has 3 unspecified atom stereocenters. The van der Waals surface area contributed by atoms with Crippen LogP contribution in [0.4, 0.5) is 11.8 Å². The highest BCUT2D eigenvalue weighted by Gasteiger charge is 2.40. The van der Waals surface area contributed by atoms with Gasteiger partial charge in [-0.2, -0.15) is 29.1 Å². The van der Waals surface area contributed by atoms with Crippen molar-refractivity contribution >= 4 is 152 Å². The fourth-order valence-corrected chi connectivity index (χ4v) is 13.6. The second-order valence-electron chi connectivity index (χ2n) is 23.0. The lowest BCUT2D eigenvalue weighted by atomic mass is 10.1. The number of hydrogen-bond acceptors (Lipinski definition) is 30. The predicted octanol–water partition coefficient (Wildman–Crippen LogP) is 16.8. The molecule has 6 aromatic rings. The summed E-state index contributed by atoms with van der Waals surface area (Å²) in [6.45, 7) is 19.7. The first-order valence-corrected chi connectivity index (χ1v) is 47.1. The number of halogens is 6. The number of aromatic nitrogens is 4. The van der Waals surface area contributed by atoms with Gasteiger partial charge in [0.1, 0.15) is 34.7 Å². The molecule has 7 rings (SSSR count). The number of phenols is 1.